The molecule has 2 aromatic carbocycles. The smallest absolute Gasteiger partial charge is 0.287 e. The third-order valence-electron chi connectivity index (χ3n) is 3.80. The minimum absolute atomic E-state index is 0.170. The summed E-state index contributed by atoms with van der Waals surface area (Å²) in [5, 5.41) is 3.32. The van der Waals surface area contributed by atoms with Gasteiger partial charge in [0.1, 0.15) is 11.5 Å². The molecular formula is C20H18ClNO4S. The highest BCUT2D eigenvalue weighted by atomic mass is 35.5. The van der Waals surface area contributed by atoms with Gasteiger partial charge < -0.3 is 14.5 Å². The van der Waals surface area contributed by atoms with E-state index in [9.17, 15) is 9.00 Å². The zero-order valence-electron chi connectivity index (χ0n) is 14.6. The van der Waals surface area contributed by atoms with Gasteiger partial charge in [0.05, 0.1) is 23.7 Å². The maximum Gasteiger partial charge on any atom is 0.287 e. The number of carbonyl (C=O) groups excluding carboxylic acids is 1. The molecule has 0 fully saturated rings. The number of benzene rings is 2. The molecule has 7 heteroatoms. The van der Waals surface area contributed by atoms with E-state index in [-0.39, 0.29) is 17.4 Å². The summed E-state index contributed by atoms with van der Waals surface area (Å²) in [6.45, 7) is 0.348. The quantitative estimate of drug-likeness (QED) is 0.642. The van der Waals surface area contributed by atoms with Crippen molar-refractivity contribution in [3.8, 4) is 5.75 Å². The van der Waals surface area contributed by atoms with Gasteiger partial charge >= 0.3 is 0 Å². The zero-order valence-corrected chi connectivity index (χ0v) is 16.2. The number of hydrogen-bond donors (Lipinski definition) is 1. The second-order valence-corrected chi connectivity index (χ2v) is 7.63. The topological polar surface area (TPSA) is 68.5 Å². The van der Waals surface area contributed by atoms with Crippen LogP contribution in [0.4, 0.5) is 0 Å². The van der Waals surface area contributed by atoms with Crippen molar-refractivity contribution in [2.24, 2.45) is 0 Å². The molecule has 140 valence electrons. The molecule has 0 bridgehead atoms. The molecule has 0 aliphatic heterocycles. The normalized spacial score (nSPS) is 11.8. The van der Waals surface area contributed by atoms with Crippen molar-refractivity contribution in [2.75, 3.05) is 7.11 Å². The van der Waals surface area contributed by atoms with Gasteiger partial charge in [-0.1, -0.05) is 29.8 Å². The van der Waals surface area contributed by atoms with Crippen LogP contribution < -0.4 is 10.1 Å². The highest BCUT2D eigenvalue weighted by Crippen LogP contribution is 2.18. The van der Waals surface area contributed by atoms with Crippen LogP contribution in [0.1, 0.15) is 21.9 Å². The molecule has 0 aliphatic rings. The van der Waals surface area contributed by atoms with Crippen LogP contribution in [0.5, 0.6) is 5.75 Å². The third kappa shape index (κ3) is 5.21. The van der Waals surface area contributed by atoms with Gasteiger partial charge in [0.25, 0.3) is 5.91 Å². The number of hydrogen-bond acceptors (Lipinski definition) is 4. The monoisotopic (exact) mass is 403 g/mol. The molecule has 5 nitrogen and oxygen atoms in total. The maximum absolute atomic E-state index is 12.4. The molecule has 0 radical (unpaired) electrons. The van der Waals surface area contributed by atoms with Crippen molar-refractivity contribution < 1.29 is 18.2 Å². The highest BCUT2D eigenvalue weighted by molar-refractivity contribution is 7.84. The summed E-state index contributed by atoms with van der Waals surface area (Å²) in [6, 6.07) is 17.5. The van der Waals surface area contributed by atoms with E-state index in [1.54, 1.807) is 43.5 Å². The molecule has 1 heterocycles. The van der Waals surface area contributed by atoms with E-state index in [1.165, 1.54) is 0 Å². The maximum atomic E-state index is 12.4. The average Bonchev–Trinajstić information content (AvgIpc) is 3.15. The van der Waals surface area contributed by atoms with Crippen molar-refractivity contribution in [1.82, 2.24) is 5.32 Å². The summed E-state index contributed by atoms with van der Waals surface area (Å²) >= 11 is 5.92. The Kier molecular flexibility index (Phi) is 6.32. The second-order valence-electron chi connectivity index (χ2n) is 5.75. The SMILES string of the molecule is COc1cccc(CNC(=O)c2ccc(CS(=O)c3cccc(Cl)c3)o2)c1. The van der Waals surface area contributed by atoms with Crippen molar-refractivity contribution >= 4 is 28.3 Å². The van der Waals surface area contributed by atoms with E-state index < -0.39 is 10.8 Å². The van der Waals surface area contributed by atoms with E-state index >= 15 is 0 Å². The number of ether oxygens (including phenoxy) is 1. The molecular weight excluding hydrogens is 386 g/mol. The zero-order chi connectivity index (χ0) is 19.2. The molecule has 1 aromatic heterocycles. The standard InChI is InChI=1S/C20H18ClNO4S/c1-25-16-6-2-4-14(10-16)12-22-20(23)19-9-8-17(26-19)13-27(24)18-7-3-5-15(21)11-18/h2-11H,12-13H2,1H3,(H,22,23). The lowest BCUT2D eigenvalue weighted by Gasteiger charge is -2.05. The Morgan fingerprint density at radius 3 is 2.74 bits per heavy atom. The Morgan fingerprint density at radius 1 is 1.15 bits per heavy atom. The molecule has 3 aromatic rings. The first kappa shape index (κ1) is 19.2. The lowest BCUT2D eigenvalue weighted by Crippen LogP contribution is -2.22. The molecule has 27 heavy (non-hydrogen) atoms. The van der Waals surface area contributed by atoms with Crippen LogP contribution in [0.2, 0.25) is 5.02 Å². The minimum Gasteiger partial charge on any atom is -0.497 e. The minimum atomic E-state index is -1.31. The van der Waals surface area contributed by atoms with E-state index in [4.69, 9.17) is 20.8 Å². The van der Waals surface area contributed by atoms with Crippen LogP contribution in [0, 0.1) is 0 Å². The Morgan fingerprint density at radius 2 is 1.96 bits per heavy atom. The highest BCUT2D eigenvalue weighted by Gasteiger charge is 2.14. The summed E-state index contributed by atoms with van der Waals surface area (Å²) in [7, 11) is 0.287. The van der Waals surface area contributed by atoms with E-state index in [0.29, 0.717) is 22.2 Å². The fourth-order valence-electron chi connectivity index (χ4n) is 2.45. The predicted octanol–water partition coefficient (Wildman–Crippen LogP) is 4.18. The van der Waals surface area contributed by atoms with Gasteiger partial charge in [-0.05, 0) is 48.0 Å². The van der Waals surface area contributed by atoms with Crippen LogP contribution in [-0.2, 0) is 23.1 Å². The number of halogens is 1. The molecule has 0 saturated carbocycles. The van der Waals surface area contributed by atoms with Gasteiger partial charge in [0.15, 0.2) is 5.76 Å². The summed E-state index contributed by atoms with van der Waals surface area (Å²) in [5.74, 6) is 1.21. The Hall–Kier alpha value is -2.57. The van der Waals surface area contributed by atoms with E-state index in [2.05, 4.69) is 5.32 Å². The van der Waals surface area contributed by atoms with Gasteiger partial charge in [-0.25, -0.2) is 0 Å². The first-order valence-corrected chi connectivity index (χ1v) is 9.88. The van der Waals surface area contributed by atoms with Crippen molar-refractivity contribution in [3.63, 3.8) is 0 Å². The number of rotatable bonds is 7. The molecule has 1 unspecified atom stereocenters. The molecule has 0 spiro atoms. The summed E-state index contributed by atoms with van der Waals surface area (Å²) in [6.07, 6.45) is 0. The van der Waals surface area contributed by atoms with E-state index in [0.717, 1.165) is 11.3 Å². The van der Waals surface area contributed by atoms with Crippen molar-refractivity contribution in [3.05, 3.63) is 82.8 Å². The van der Waals surface area contributed by atoms with Gasteiger partial charge in [-0.3, -0.25) is 9.00 Å². The summed E-state index contributed by atoms with van der Waals surface area (Å²) in [5.41, 5.74) is 0.913. The Labute approximate surface area is 164 Å². The van der Waals surface area contributed by atoms with Crippen LogP contribution in [-0.4, -0.2) is 17.2 Å². The number of carbonyl (C=O) groups is 1. The molecule has 0 aliphatic carbocycles. The fraction of sp³-hybridized carbons (Fsp3) is 0.150. The van der Waals surface area contributed by atoms with Gasteiger partial charge in [-0.2, -0.15) is 0 Å². The Bertz CT molecular complexity index is 970. The fourth-order valence-corrected chi connectivity index (χ4v) is 3.77. The van der Waals surface area contributed by atoms with Crippen LogP contribution >= 0.6 is 11.6 Å². The lowest BCUT2D eigenvalue weighted by atomic mass is 10.2. The van der Waals surface area contributed by atoms with Crippen LogP contribution in [0.25, 0.3) is 0 Å². The van der Waals surface area contributed by atoms with Gasteiger partial charge in [-0.15, -0.1) is 0 Å². The number of nitrogens with one attached hydrogen (secondary N) is 1. The van der Waals surface area contributed by atoms with Crippen molar-refractivity contribution in [2.45, 2.75) is 17.2 Å². The predicted molar refractivity (Wildman–Crippen MR) is 104 cm³/mol. The molecule has 1 atom stereocenters. The van der Waals surface area contributed by atoms with Gasteiger partial charge in [0, 0.05) is 16.5 Å². The molecule has 1 N–H and O–H groups in total. The summed E-state index contributed by atoms with van der Waals surface area (Å²) < 4.78 is 23.1. The van der Waals surface area contributed by atoms with Crippen LogP contribution in [0.15, 0.2) is 70.0 Å². The molecule has 1 amide bonds. The first-order chi connectivity index (χ1) is 13.0. The third-order valence-corrected chi connectivity index (χ3v) is 5.37. The lowest BCUT2D eigenvalue weighted by molar-refractivity contribution is 0.0921. The number of furan rings is 1. The summed E-state index contributed by atoms with van der Waals surface area (Å²) in [4.78, 5) is 12.9. The van der Waals surface area contributed by atoms with E-state index in [1.807, 2.05) is 24.3 Å². The first-order valence-electron chi connectivity index (χ1n) is 8.19. The number of amides is 1. The second kappa shape index (κ2) is 8.88. The molecule has 3 rings (SSSR count). The van der Waals surface area contributed by atoms with Crippen molar-refractivity contribution in [1.29, 1.82) is 0 Å². The van der Waals surface area contributed by atoms with Gasteiger partial charge in [0.2, 0.25) is 0 Å². The number of methoxy groups -OCH3 is 1. The Balaban J connectivity index is 1.59. The largest absolute Gasteiger partial charge is 0.497 e. The average molecular weight is 404 g/mol. The molecule has 0 saturated heterocycles. The van der Waals surface area contributed by atoms with Crippen LogP contribution in [0.3, 0.4) is 0 Å².